The van der Waals surface area contributed by atoms with Crippen LogP contribution in [-0.2, 0) is 10.0 Å². The van der Waals surface area contributed by atoms with Crippen LogP contribution < -0.4 is 14.8 Å². The zero-order valence-electron chi connectivity index (χ0n) is 23.4. The number of anilines is 1. The highest BCUT2D eigenvalue weighted by Crippen LogP contribution is 2.40. The van der Waals surface area contributed by atoms with Crippen molar-refractivity contribution in [3.63, 3.8) is 0 Å². The van der Waals surface area contributed by atoms with Crippen molar-refractivity contribution in [2.24, 2.45) is 0 Å². The van der Waals surface area contributed by atoms with Crippen molar-refractivity contribution in [2.45, 2.75) is 6.92 Å². The first-order valence-electron chi connectivity index (χ1n) is 13.3. The number of para-hydroxylation sites is 1. The number of hydrogen-bond donors (Lipinski definition) is 3. The average Bonchev–Trinajstić information content (AvgIpc) is 3.62. The molecule has 0 aliphatic heterocycles. The van der Waals surface area contributed by atoms with Gasteiger partial charge in [-0.3, -0.25) is 9.52 Å². The minimum absolute atomic E-state index is 0.0567. The number of rotatable bonds is 8. The molecule has 0 aliphatic rings. The van der Waals surface area contributed by atoms with Crippen molar-refractivity contribution >= 4 is 43.5 Å². The van der Waals surface area contributed by atoms with Gasteiger partial charge in [-0.05, 0) is 55.5 Å². The molecule has 0 spiro atoms. The molecule has 43 heavy (non-hydrogen) atoms. The van der Waals surface area contributed by atoms with Crippen molar-refractivity contribution in [1.29, 1.82) is 0 Å². The van der Waals surface area contributed by atoms with Crippen LogP contribution in [0.5, 0.6) is 6.01 Å². The van der Waals surface area contributed by atoms with E-state index in [9.17, 15) is 17.6 Å². The molecule has 0 unspecified atom stereocenters. The molecule has 0 fully saturated rings. The number of aromatic amines is 1. The van der Waals surface area contributed by atoms with Gasteiger partial charge in [-0.2, -0.15) is 9.97 Å². The van der Waals surface area contributed by atoms with Gasteiger partial charge in [0.1, 0.15) is 17.2 Å². The molecule has 12 heteroatoms. The van der Waals surface area contributed by atoms with Crippen LogP contribution >= 0.6 is 0 Å². The smallest absolute Gasteiger partial charge is 0.317 e. The predicted molar refractivity (Wildman–Crippen MR) is 163 cm³/mol. The molecule has 6 aromatic rings. The SMILES string of the molecule is CCS(=O)(=O)Nc1cc2oc(-c3ccc(F)cc3)c(C(=O)NC)c2cc1-c1cc(-c2cc3ccccc3[nH]2)nc(OC)n1. The summed E-state index contributed by atoms with van der Waals surface area (Å²) in [6.45, 7) is 1.52. The van der Waals surface area contributed by atoms with Gasteiger partial charge in [0.25, 0.3) is 5.91 Å². The van der Waals surface area contributed by atoms with E-state index in [0.29, 0.717) is 33.6 Å². The van der Waals surface area contributed by atoms with E-state index in [1.54, 1.807) is 12.1 Å². The highest BCUT2D eigenvalue weighted by molar-refractivity contribution is 7.92. The van der Waals surface area contributed by atoms with Gasteiger partial charge in [-0.15, -0.1) is 0 Å². The summed E-state index contributed by atoms with van der Waals surface area (Å²) in [6, 6.07) is 20.2. The fourth-order valence-electron chi connectivity index (χ4n) is 4.84. The molecule has 0 saturated heterocycles. The molecule has 218 valence electrons. The van der Waals surface area contributed by atoms with Gasteiger partial charge in [-0.25, -0.2) is 12.8 Å². The third-order valence-electron chi connectivity index (χ3n) is 7.00. The molecule has 3 aromatic heterocycles. The van der Waals surface area contributed by atoms with Crippen LogP contribution in [0.4, 0.5) is 10.1 Å². The van der Waals surface area contributed by atoms with Crippen LogP contribution in [0, 0.1) is 5.82 Å². The van der Waals surface area contributed by atoms with Gasteiger partial charge in [0.15, 0.2) is 0 Å². The number of sulfonamides is 1. The first-order chi connectivity index (χ1) is 20.7. The fourth-order valence-corrected chi connectivity index (χ4v) is 5.49. The molecule has 3 heterocycles. The Morgan fingerprint density at radius 3 is 2.47 bits per heavy atom. The van der Waals surface area contributed by atoms with Gasteiger partial charge in [0.05, 0.1) is 41.2 Å². The summed E-state index contributed by atoms with van der Waals surface area (Å²) in [5.41, 5.74) is 3.92. The van der Waals surface area contributed by atoms with Crippen molar-refractivity contribution in [1.82, 2.24) is 20.3 Å². The standard InChI is InChI=1S/C31H26FN5O5S/c1-4-43(39,40)37-24-16-27-21(28(30(38)33-2)29(42-27)17-9-11-19(32)12-10-17)14-20(24)23-15-26(36-31(35-23)41-3)25-13-18-7-5-6-8-22(18)34-25/h5-16,34,37H,4H2,1-3H3,(H,33,38). The van der Waals surface area contributed by atoms with E-state index in [-0.39, 0.29) is 34.4 Å². The number of furan rings is 1. The lowest BCUT2D eigenvalue weighted by Crippen LogP contribution is -2.18. The molecule has 0 aliphatic carbocycles. The van der Waals surface area contributed by atoms with Crippen LogP contribution in [0.25, 0.3) is 55.8 Å². The lowest BCUT2D eigenvalue weighted by atomic mass is 10.0. The molecule has 10 nitrogen and oxygen atoms in total. The normalized spacial score (nSPS) is 11.6. The Balaban J connectivity index is 1.62. The second kappa shape index (κ2) is 10.9. The second-order valence-electron chi connectivity index (χ2n) is 9.69. The number of fused-ring (bicyclic) bond motifs is 2. The number of benzene rings is 3. The van der Waals surface area contributed by atoms with E-state index < -0.39 is 21.7 Å². The number of carbonyl (C=O) groups excluding carboxylic acids is 1. The van der Waals surface area contributed by atoms with E-state index in [2.05, 4.69) is 25.0 Å². The topological polar surface area (TPSA) is 139 Å². The molecule has 3 aromatic carbocycles. The van der Waals surface area contributed by atoms with Crippen molar-refractivity contribution < 1.29 is 26.8 Å². The Morgan fingerprint density at radius 2 is 1.77 bits per heavy atom. The summed E-state index contributed by atoms with van der Waals surface area (Å²) in [5, 5.41) is 4.01. The minimum atomic E-state index is -3.74. The van der Waals surface area contributed by atoms with Crippen molar-refractivity contribution in [3.8, 4) is 40.0 Å². The van der Waals surface area contributed by atoms with E-state index in [4.69, 9.17) is 9.15 Å². The number of nitrogens with one attached hydrogen (secondary N) is 3. The molecule has 0 saturated carbocycles. The van der Waals surface area contributed by atoms with E-state index in [1.807, 2.05) is 30.3 Å². The molecule has 6 rings (SSSR count). The van der Waals surface area contributed by atoms with Gasteiger partial charge in [0.2, 0.25) is 10.0 Å². The van der Waals surface area contributed by atoms with Crippen LogP contribution in [0.2, 0.25) is 0 Å². The number of H-pyrrole nitrogens is 1. The number of nitrogens with zero attached hydrogens (tertiary/aromatic N) is 2. The molecule has 1 amide bonds. The number of hydrogen-bond acceptors (Lipinski definition) is 7. The first kappa shape index (κ1) is 27.9. The monoisotopic (exact) mass is 599 g/mol. The van der Waals surface area contributed by atoms with E-state index >= 15 is 0 Å². The van der Waals surface area contributed by atoms with Gasteiger partial charge >= 0.3 is 6.01 Å². The van der Waals surface area contributed by atoms with Crippen LogP contribution in [0.15, 0.2) is 77.2 Å². The number of aromatic nitrogens is 3. The highest BCUT2D eigenvalue weighted by Gasteiger charge is 2.25. The molecule has 0 bridgehead atoms. The number of halogens is 1. The second-order valence-corrected chi connectivity index (χ2v) is 11.7. The lowest BCUT2D eigenvalue weighted by molar-refractivity contribution is 0.0964. The molecule has 0 radical (unpaired) electrons. The summed E-state index contributed by atoms with van der Waals surface area (Å²) < 4.78 is 53.4. The molecular formula is C31H26FN5O5S. The minimum Gasteiger partial charge on any atom is -0.467 e. The Labute approximate surface area is 246 Å². The zero-order chi connectivity index (χ0) is 30.3. The summed E-state index contributed by atoms with van der Waals surface area (Å²) in [4.78, 5) is 25.6. The Kier molecular flexibility index (Phi) is 7.06. The predicted octanol–water partition coefficient (Wildman–Crippen LogP) is 5.97. The Hall–Kier alpha value is -5.23. The number of ether oxygens (including phenoxy) is 1. The first-order valence-corrected chi connectivity index (χ1v) is 15.0. The number of carbonyl (C=O) groups is 1. The number of amides is 1. The van der Waals surface area contributed by atoms with Crippen LogP contribution in [0.1, 0.15) is 17.3 Å². The molecule has 3 N–H and O–H groups in total. The number of methoxy groups -OCH3 is 1. The maximum absolute atomic E-state index is 13.7. The summed E-state index contributed by atoms with van der Waals surface area (Å²) in [6.07, 6.45) is 0. The maximum Gasteiger partial charge on any atom is 0.317 e. The van der Waals surface area contributed by atoms with Crippen LogP contribution in [0.3, 0.4) is 0 Å². The highest BCUT2D eigenvalue weighted by atomic mass is 32.2. The van der Waals surface area contributed by atoms with E-state index in [0.717, 1.165) is 10.9 Å². The average molecular weight is 600 g/mol. The Bertz CT molecular complexity index is 2090. The molecular weight excluding hydrogens is 573 g/mol. The summed E-state index contributed by atoms with van der Waals surface area (Å²) in [5.74, 6) is -0.858. The van der Waals surface area contributed by atoms with Crippen LogP contribution in [-0.4, -0.2) is 49.2 Å². The largest absolute Gasteiger partial charge is 0.467 e. The van der Waals surface area contributed by atoms with Crippen molar-refractivity contribution in [2.75, 3.05) is 24.6 Å². The lowest BCUT2D eigenvalue weighted by Gasteiger charge is -2.13. The fraction of sp³-hybridized carbons (Fsp3) is 0.129. The van der Waals surface area contributed by atoms with Gasteiger partial charge < -0.3 is 19.5 Å². The summed E-state index contributed by atoms with van der Waals surface area (Å²) in [7, 11) is -0.816. The van der Waals surface area contributed by atoms with E-state index in [1.165, 1.54) is 51.4 Å². The molecule has 0 atom stereocenters. The third-order valence-corrected chi connectivity index (χ3v) is 8.30. The van der Waals surface area contributed by atoms with Gasteiger partial charge in [0, 0.05) is 40.5 Å². The zero-order valence-corrected chi connectivity index (χ0v) is 24.2. The quantitative estimate of drug-likeness (QED) is 0.196. The maximum atomic E-state index is 13.7. The summed E-state index contributed by atoms with van der Waals surface area (Å²) >= 11 is 0. The van der Waals surface area contributed by atoms with Gasteiger partial charge in [-0.1, -0.05) is 18.2 Å². The van der Waals surface area contributed by atoms with Crippen molar-refractivity contribution in [3.05, 3.63) is 84.2 Å². The Morgan fingerprint density at radius 1 is 1.02 bits per heavy atom. The third kappa shape index (κ3) is 5.28.